The molecule has 18 heteroatoms. The van der Waals surface area contributed by atoms with E-state index in [9.17, 15) is 55.2 Å². The van der Waals surface area contributed by atoms with Crippen molar-refractivity contribution in [2.45, 2.75) is 190 Å². The van der Waals surface area contributed by atoms with Crippen molar-refractivity contribution < 1.29 is 88.4 Å². The standard InChI is InChI=1S/C37H66O18/c1-4-15-23(40)18-28(43)54-34-30(45)29(44)26(19-38)52-37(34)55-33-27(21-50-22(2)39)53-36(32(47)31(33)46)51-20-24(41)16-13-11-9-7-5-6-8-10-12-14-17-25(42)35(48)49-3/h23-27,29-34,36-38,40-42,44-47H,4-21H2,1-3H3/t23?,24?,25?,26-,27-,29-,30+,31-,32-,33-,34-,36-,37+/m1/s1. The molecule has 2 heterocycles. The lowest BCUT2D eigenvalue weighted by atomic mass is 9.96. The van der Waals surface area contributed by atoms with Gasteiger partial charge in [-0.1, -0.05) is 77.6 Å². The molecule has 0 radical (unpaired) electrons. The summed E-state index contributed by atoms with van der Waals surface area (Å²) in [6.45, 7) is 1.43. The van der Waals surface area contributed by atoms with Crippen LogP contribution in [0.25, 0.3) is 0 Å². The van der Waals surface area contributed by atoms with E-state index in [1.165, 1.54) is 7.11 Å². The molecule has 3 unspecified atom stereocenters. The zero-order chi connectivity index (χ0) is 40.9. The van der Waals surface area contributed by atoms with Crippen molar-refractivity contribution in [3.63, 3.8) is 0 Å². The van der Waals surface area contributed by atoms with Crippen LogP contribution in [0.2, 0.25) is 0 Å². The molecule has 2 rings (SSSR count). The number of hydrogen-bond acceptors (Lipinski definition) is 18. The normalized spacial score (nSPS) is 29.9. The first-order valence-electron chi connectivity index (χ1n) is 19.6. The minimum absolute atomic E-state index is 0.243. The zero-order valence-electron chi connectivity index (χ0n) is 32.4. The van der Waals surface area contributed by atoms with Gasteiger partial charge in [-0.2, -0.15) is 0 Å². The van der Waals surface area contributed by atoms with Crippen molar-refractivity contribution in [3.8, 4) is 0 Å². The maximum absolute atomic E-state index is 12.6. The Morgan fingerprint density at radius 1 is 0.691 bits per heavy atom. The van der Waals surface area contributed by atoms with Gasteiger partial charge >= 0.3 is 17.9 Å². The molecule has 13 atom stereocenters. The van der Waals surface area contributed by atoms with Gasteiger partial charge in [-0.25, -0.2) is 4.79 Å². The van der Waals surface area contributed by atoms with E-state index in [2.05, 4.69) is 4.74 Å². The Morgan fingerprint density at radius 3 is 1.82 bits per heavy atom. The summed E-state index contributed by atoms with van der Waals surface area (Å²) in [6.07, 6.45) is -8.31. The fourth-order valence-electron chi connectivity index (χ4n) is 6.49. The molecular weight excluding hydrogens is 732 g/mol. The Hall–Kier alpha value is -2.07. The lowest BCUT2D eigenvalue weighted by molar-refractivity contribution is -0.361. The number of aliphatic hydroxyl groups is 8. The Kier molecular flexibility index (Phi) is 23.9. The van der Waals surface area contributed by atoms with E-state index in [1.807, 2.05) is 6.92 Å². The number of aliphatic hydroxyl groups excluding tert-OH is 8. The number of unbranched alkanes of at least 4 members (excludes halogenated alkanes) is 9. The second kappa shape index (κ2) is 26.8. The van der Waals surface area contributed by atoms with Crippen LogP contribution >= 0.6 is 0 Å². The van der Waals surface area contributed by atoms with Gasteiger partial charge in [0.15, 0.2) is 24.8 Å². The maximum atomic E-state index is 12.6. The molecule has 18 nitrogen and oxygen atoms in total. The molecule has 2 aliphatic rings. The van der Waals surface area contributed by atoms with Crippen molar-refractivity contribution in [2.24, 2.45) is 0 Å². The minimum Gasteiger partial charge on any atom is -0.467 e. The third-order valence-corrected chi connectivity index (χ3v) is 9.69. The van der Waals surface area contributed by atoms with Crippen LogP contribution in [0, 0.1) is 0 Å². The first kappa shape index (κ1) is 49.1. The van der Waals surface area contributed by atoms with Gasteiger partial charge in [-0.15, -0.1) is 0 Å². The summed E-state index contributed by atoms with van der Waals surface area (Å²) in [5.41, 5.74) is 0. The first-order chi connectivity index (χ1) is 26.2. The highest BCUT2D eigenvalue weighted by Gasteiger charge is 2.52. The van der Waals surface area contributed by atoms with Gasteiger partial charge in [0.1, 0.15) is 49.3 Å². The van der Waals surface area contributed by atoms with E-state index in [4.69, 9.17) is 28.4 Å². The summed E-state index contributed by atoms with van der Waals surface area (Å²) < 4.78 is 37.9. The Morgan fingerprint density at radius 2 is 1.25 bits per heavy atom. The van der Waals surface area contributed by atoms with Crippen molar-refractivity contribution in [1.82, 2.24) is 0 Å². The summed E-state index contributed by atoms with van der Waals surface area (Å²) in [5.74, 6) is -2.25. The monoisotopic (exact) mass is 798 g/mol. The first-order valence-corrected chi connectivity index (χ1v) is 19.6. The van der Waals surface area contributed by atoms with E-state index in [0.29, 0.717) is 25.7 Å². The van der Waals surface area contributed by atoms with Crippen molar-refractivity contribution >= 4 is 17.9 Å². The van der Waals surface area contributed by atoms with Crippen LogP contribution in [0.5, 0.6) is 0 Å². The highest BCUT2D eigenvalue weighted by molar-refractivity contribution is 5.74. The lowest BCUT2D eigenvalue weighted by Gasteiger charge is -2.46. The van der Waals surface area contributed by atoms with E-state index in [-0.39, 0.29) is 6.61 Å². The Bertz CT molecular complexity index is 1080. The van der Waals surface area contributed by atoms with Gasteiger partial charge in [0.05, 0.1) is 39.0 Å². The molecule has 0 spiro atoms. The fourth-order valence-corrected chi connectivity index (χ4v) is 6.49. The van der Waals surface area contributed by atoms with E-state index >= 15 is 0 Å². The Labute approximate surface area is 322 Å². The average Bonchev–Trinajstić information content (AvgIpc) is 3.15. The summed E-state index contributed by atoms with van der Waals surface area (Å²) in [6, 6.07) is 0. The van der Waals surface area contributed by atoms with Crippen LogP contribution in [0.1, 0.15) is 110 Å². The number of ether oxygens (including phenoxy) is 7. The average molecular weight is 799 g/mol. The molecule has 8 N–H and O–H groups in total. The van der Waals surface area contributed by atoms with Crippen LogP contribution in [0.3, 0.4) is 0 Å². The van der Waals surface area contributed by atoms with Crippen LogP contribution < -0.4 is 0 Å². The fraction of sp³-hybridized carbons (Fsp3) is 0.919. The maximum Gasteiger partial charge on any atom is 0.334 e. The molecule has 0 aromatic heterocycles. The number of rotatable bonds is 27. The van der Waals surface area contributed by atoms with Crippen LogP contribution in [0.4, 0.5) is 0 Å². The number of carbonyl (C=O) groups is 3. The van der Waals surface area contributed by atoms with Gasteiger partial charge in [-0.05, 0) is 19.3 Å². The van der Waals surface area contributed by atoms with Crippen LogP contribution in [-0.4, -0.2) is 165 Å². The smallest absolute Gasteiger partial charge is 0.334 e. The molecule has 0 amide bonds. The second-order valence-electron chi connectivity index (χ2n) is 14.4. The summed E-state index contributed by atoms with van der Waals surface area (Å²) in [5, 5.41) is 83.3. The lowest BCUT2D eigenvalue weighted by Crippen LogP contribution is -2.65. The van der Waals surface area contributed by atoms with E-state index in [0.717, 1.165) is 71.1 Å². The quantitative estimate of drug-likeness (QED) is 0.0305. The van der Waals surface area contributed by atoms with Crippen LogP contribution in [0.15, 0.2) is 0 Å². The Balaban J connectivity index is 1.86. The molecule has 322 valence electrons. The highest BCUT2D eigenvalue weighted by atomic mass is 16.8. The zero-order valence-corrected chi connectivity index (χ0v) is 32.4. The second-order valence-corrected chi connectivity index (χ2v) is 14.4. The van der Waals surface area contributed by atoms with Gasteiger partial charge in [0.2, 0.25) is 0 Å². The predicted molar refractivity (Wildman–Crippen MR) is 191 cm³/mol. The SMILES string of the molecule is CCCC(O)CC(=O)O[C@H]1[C@H](O[C@H]2[C@H](O)[C@@H](O)[C@H](OCC(O)CCCCCCCCCCCCC(O)C(=O)OC)O[C@@H]2COC(C)=O)O[C@H](CO)[C@@H](O)[C@@H]1O. The molecule has 0 aromatic rings. The predicted octanol–water partition coefficient (Wildman–Crippen LogP) is -0.124. The molecule has 0 aliphatic carbocycles. The number of carbonyl (C=O) groups excluding carboxylic acids is 3. The molecule has 0 bridgehead atoms. The third kappa shape index (κ3) is 17.5. The topological polar surface area (TPSA) is 278 Å². The highest BCUT2D eigenvalue weighted by Crippen LogP contribution is 2.31. The summed E-state index contributed by atoms with van der Waals surface area (Å²) >= 11 is 0. The van der Waals surface area contributed by atoms with Crippen molar-refractivity contribution in [3.05, 3.63) is 0 Å². The summed E-state index contributed by atoms with van der Waals surface area (Å²) in [7, 11) is 1.25. The molecule has 0 saturated carbocycles. The van der Waals surface area contributed by atoms with Crippen molar-refractivity contribution in [2.75, 3.05) is 26.9 Å². The number of esters is 3. The van der Waals surface area contributed by atoms with Crippen molar-refractivity contribution in [1.29, 1.82) is 0 Å². The largest absolute Gasteiger partial charge is 0.467 e. The molecule has 55 heavy (non-hydrogen) atoms. The van der Waals surface area contributed by atoms with Gasteiger partial charge in [0, 0.05) is 6.92 Å². The summed E-state index contributed by atoms with van der Waals surface area (Å²) in [4.78, 5) is 35.5. The van der Waals surface area contributed by atoms with E-state index in [1.54, 1.807) is 0 Å². The van der Waals surface area contributed by atoms with Gasteiger partial charge in [0.25, 0.3) is 0 Å². The minimum atomic E-state index is -1.83. The molecule has 0 aromatic carbocycles. The van der Waals surface area contributed by atoms with Gasteiger partial charge in [-0.3, -0.25) is 9.59 Å². The van der Waals surface area contributed by atoms with Crippen LogP contribution in [-0.2, 0) is 47.5 Å². The molecular formula is C37H66O18. The molecule has 2 saturated heterocycles. The van der Waals surface area contributed by atoms with E-state index < -0.39 is 117 Å². The number of methoxy groups -OCH3 is 1. The van der Waals surface area contributed by atoms with Gasteiger partial charge < -0.3 is 74.0 Å². The third-order valence-electron chi connectivity index (χ3n) is 9.69. The molecule has 2 aliphatic heterocycles. The number of hydrogen-bond donors (Lipinski definition) is 8. The molecule has 2 fully saturated rings.